The number of methoxy groups -OCH3 is 1. The van der Waals surface area contributed by atoms with Crippen LogP contribution >= 0.6 is 0 Å². The second kappa shape index (κ2) is 9.65. The standard InChI is InChI=1S/C27H27F2N7O3S/c1-4-15-12-27(13-17(15)16-10-20(33-34-25(16)27)24-18(28)6-5-7-19(24)29)21-11-23(39-2)32-26(31-21)36-14-30-22(35-36)8-9-40(3,37)38/h5-7,10-11,14-15,17H,4,8-9,12-13H2,1-3H3/t15?,17-,27-/m0/s1. The van der Waals surface area contributed by atoms with Crippen LogP contribution in [0.5, 0.6) is 5.88 Å². The Morgan fingerprint density at radius 2 is 1.90 bits per heavy atom. The highest BCUT2D eigenvalue weighted by Gasteiger charge is 2.57. The number of aromatic nitrogens is 7. The molecule has 0 aliphatic heterocycles. The molecule has 0 N–H and O–H groups in total. The molecule has 1 aromatic carbocycles. The maximum absolute atomic E-state index is 14.6. The van der Waals surface area contributed by atoms with Gasteiger partial charge in [-0.25, -0.2) is 27.2 Å². The fourth-order valence-electron chi connectivity index (χ4n) is 6.11. The average Bonchev–Trinajstić information content (AvgIpc) is 3.65. The number of rotatable bonds is 8. The smallest absolute Gasteiger partial charge is 0.255 e. The Bertz CT molecular complexity index is 1710. The summed E-state index contributed by atoms with van der Waals surface area (Å²) in [6.07, 6.45) is 5.18. The van der Waals surface area contributed by atoms with Gasteiger partial charge >= 0.3 is 0 Å². The molecule has 2 aliphatic rings. The lowest BCUT2D eigenvalue weighted by Crippen LogP contribution is -2.29. The molecule has 10 nitrogen and oxygen atoms in total. The summed E-state index contributed by atoms with van der Waals surface area (Å²) in [5.74, 6) is -0.0981. The summed E-state index contributed by atoms with van der Waals surface area (Å²) in [6.45, 7) is 2.13. The van der Waals surface area contributed by atoms with Gasteiger partial charge in [0.05, 0.1) is 40.9 Å². The van der Waals surface area contributed by atoms with Crippen molar-refractivity contribution < 1.29 is 21.9 Å². The Balaban J connectivity index is 1.43. The third-order valence-electron chi connectivity index (χ3n) is 8.00. The van der Waals surface area contributed by atoms with Crippen molar-refractivity contribution in [3.05, 3.63) is 71.1 Å². The highest BCUT2D eigenvalue weighted by Crippen LogP contribution is 2.62. The van der Waals surface area contributed by atoms with Crippen LogP contribution in [-0.2, 0) is 21.7 Å². The molecular weight excluding hydrogens is 540 g/mol. The van der Waals surface area contributed by atoms with E-state index < -0.39 is 26.9 Å². The van der Waals surface area contributed by atoms with Crippen molar-refractivity contribution >= 4 is 9.84 Å². The van der Waals surface area contributed by atoms with E-state index in [-0.39, 0.29) is 35.3 Å². The molecule has 1 unspecified atom stereocenters. The van der Waals surface area contributed by atoms with Gasteiger partial charge in [-0.05, 0) is 48.4 Å². The molecule has 3 heterocycles. The van der Waals surface area contributed by atoms with E-state index >= 15 is 0 Å². The number of nitrogens with zero attached hydrogens (tertiary/aromatic N) is 7. The van der Waals surface area contributed by atoms with Gasteiger partial charge in [0.25, 0.3) is 5.95 Å². The van der Waals surface area contributed by atoms with Gasteiger partial charge in [-0.3, -0.25) is 0 Å². The van der Waals surface area contributed by atoms with E-state index in [1.165, 1.54) is 36.3 Å². The van der Waals surface area contributed by atoms with Gasteiger partial charge in [-0.1, -0.05) is 19.4 Å². The first kappa shape index (κ1) is 26.4. The lowest BCUT2D eigenvalue weighted by atomic mass is 9.75. The normalized spacial score (nSPS) is 21.5. The Kier molecular flexibility index (Phi) is 6.36. The third kappa shape index (κ3) is 4.41. The number of halogens is 2. The van der Waals surface area contributed by atoms with Gasteiger partial charge in [0.1, 0.15) is 27.8 Å². The first-order chi connectivity index (χ1) is 19.1. The number of sulfone groups is 1. The highest BCUT2D eigenvalue weighted by molar-refractivity contribution is 7.90. The third-order valence-corrected chi connectivity index (χ3v) is 8.94. The van der Waals surface area contributed by atoms with Crippen molar-refractivity contribution in [2.45, 2.75) is 43.9 Å². The summed E-state index contributed by atoms with van der Waals surface area (Å²) in [4.78, 5) is 13.5. The zero-order valence-corrected chi connectivity index (χ0v) is 23.0. The molecule has 1 fully saturated rings. The lowest BCUT2D eigenvalue weighted by Gasteiger charge is -2.30. The molecule has 3 aromatic heterocycles. The Hall–Kier alpha value is -3.87. The number of hydrogen-bond acceptors (Lipinski definition) is 9. The zero-order chi connectivity index (χ0) is 28.2. The number of hydrogen-bond donors (Lipinski definition) is 0. The molecule has 208 valence electrons. The molecule has 40 heavy (non-hydrogen) atoms. The van der Waals surface area contributed by atoms with E-state index in [9.17, 15) is 17.2 Å². The predicted molar refractivity (Wildman–Crippen MR) is 141 cm³/mol. The summed E-state index contributed by atoms with van der Waals surface area (Å²) in [6, 6.07) is 7.29. The van der Waals surface area contributed by atoms with Crippen molar-refractivity contribution in [1.82, 2.24) is 34.9 Å². The zero-order valence-electron chi connectivity index (χ0n) is 22.2. The summed E-state index contributed by atoms with van der Waals surface area (Å²) in [5, 5.41) is 13.2. The topological polar surface area (TPSA) is 126 Å². The van der Waals surface area contributed by atoms with Gasteiger partial charge in [0.2, 0.25) is 5.88 Å². The van der Waals surface area contributed by atoms with E-state index in [1.807, 2.05) is 0 Å². The molecule has 6 rings (SSSR count). The minimum atomic E-state index is -3.17. The molecule has 1 saturated carbocycles. The van der Waals surface area contributed by atoms with Crippen LogP contribution in [0.4, 0.5) is 8.78 Å². The Morgan fingerprint density at radius 1 is 1.12 bits per heavy atom. The number of ether oxygens (including phenoxy) is 1. The van der Waals surface area contributed by atoms with Crippen molar-refractivity contribution in [3.63, 3.8) is 0 Å². The first-order valence-electron chi connectivity index (χ1n) is 13.0. The summed E-state index contributed by atoms with van der Waals surface area (Å²) >= 11 is 0. The first-order valence-corrected chi connectivity index (χ1v) is 15.0. The van der Waals surface area contributed by atoms with Crippen molar-refractivity contribution in [2.75, 3.05) is 19.1 Å². The maximum atomic E-state index is 14.6. The minimum Gasteiger partial charge on any atom is -0.481 e. The fourth-order valence-corrected chi connectivity index (χ4v) is 6.66. The van der Waals surface area contributed by atoms with E-state index in [0.717, 1.165) is 36.8 Å². The monoisotopic (exact) mass is 567 g/mol. The van der Waals surface area contributed by atoms with Crippen LogP contribution in [0.1, 0.15) is 54.9 Å². The van der Waals surface area contributed by atoms with E-state index in [1.54, 1.807) is 12.1 Å². The van der Waals surface area contributed by atoms with Crippen molar-refractivity contribution in [3.8, 4) is 23.1 Å². The van der Waals surface area contributed by atoms with Crippen LogP contribution in [0, 0.1) is 17.6 Å². The number of fused-ring (bicyclic) bond motifs is 5. The number of aryl methyl sites for hydroxylation is 1. The number of benzene rings is 1. The molecule has 0 spiro atoms. The fraction of sp³-hybridized carbons (Fsp3) is 0.407. The molecule has 0 amide bonds. The Morgan fingerprint density at radius 3 is 2.60 bits per heavy atom. The molecule has 2 aliphatic carbocycles. The van der Waals surface area contributed by atoms with Crippen molar-refractivity contribution in [1.29, 1.82) is 0 Å². The lowest BCUT2D eigenvalue weighted by molar-refractivity contribution is 0.385. The molecular formula is C27H27F2N7O3S. The summed E-state index contributed by atoms with van der Waals surface area (Å²) < 4.78 is 59.2. The molecule has 0 radical (unpaired) electrons. The molecule has 0 saturated heterocycles. The quantitative estimate of drug-likeness (QED) is 0.314. The van der Waals surface area contributed by atoms with E-state index in [4.69, 9.17) is 9.72 Å². The maximum Gasteiger partial charge on any atom is 0.255 e. The van der Waals surface area contributed by atoms with Gasteiger partial charge in [-0.15, -0.1) is 10.2 Å². The predicted octanol–water partition coefficient (Wildman–Crippen LogP) is 3.59. The largest absolute Gasteiger partial charge is 0.481 e. The van der Waals surface area contributed by atoms with Crippen LogP contribution in [0.15, 0.2) is 36.7 Å². The van der Waals surface area contributed by atoms with E-state index in [2.05, 4.69) is 32.2 Å². The van der Waals surface area contributed by atoms with Gasteiger partial charge in [0.15, 0.2) is 5.82 Å². The van der Waals surface area contributed by atoms with Gasteiger partial charge < -0.3 is 4.74 Å². The molecule has 4 aromatic rings. The Labute approximate surface area is 229 Å². The van der Waals surface area contributed by atoms with Crippen LogP contribution < -0.4 is 4.74 Å². The second-order valence-corrected chi connectivity index (χ2v) is 12.7. The van der Waals surface area contributed by atoms with Crippen LogP contribution in [0.3, 0.4) is 0 Å². The van der Waals surface area contributed by atoms with Gasteiger partial charge in [-0.2, -0.15) is 14.8 Å². The summed E-state index contributed by atoms with van der Waals surface area (Å²) in [5.41, 5.74) is 1.73. The highest BCUT2D eigenvalue weighted by atomic mass is 32.2. The molecule has 13 heteroatoms. The van der Waals surface area contributed by atoms with Crippen LogP contribution in [0.2, 0.25) is 0 Å². The van der Waals surface area contributed by atoms with Crippen molar-refractivity contribution in [2.24, 2.45) is 5.92 Å². The second-order valence-electron chi connectivity index (χ2n) is 10.5. The average molecular weight is 568 g/mol. The van der Waals surface area contributed by atoms with Crippen LogP contribution in [0.25, 0.3) is 17.2 Å². The molecule has 2 bridgehead atoms. The minimum absolute atomic E-state index is 0.0711. The van der Waals surface area contributed by atoms with Crippen LogP contribution in [-0.4, -0.2) is 62.5 Å². The SMILES string of the molecule is CCC1C[C@@]2(c3cc(OC)nc(-n4cnc(CCS(C)(=O)=O)n4)n3)C[C@@H]1c1cc(-c3c(F)cccc3F)nnc12. The molecule has 3 atom stereocenters. The van der Waals surface area contributed by atoms with Gasteiger partial charge in [0, 0.05) is 18.7 Å². The summed E-state index contributed by atoms with van der Waals surface area (Å²) in [7, 11) is -1.66. The van der Waals surface area contributed by atoms with E-state index in [0.29, 0.717) is 23.3 Å².